The number of unbranched alkanes of at least 4 members (excludes halogenated alkanes) is 1. The van der Waals surface area contributed by atoms with Crippen LogP contribution in [-0.2, 0) is 25.4 Å². The van der Waals surface area contributed by atoms with E-state index in [1.807, 2.05) is 25.5 Å². The zero-order chi connectivity index (χ0) is 79.2. The van der Waals surface area contributed by atoms with Crippen molar-refractivity contribution in [3.05, 3.63) is 42.8 Å². The fraction of sp³-hybridized carbons (Fsp3) is 0.618. The van der Waals surface area contributed by atoms with Crippen LogP contribution in [0.4, 0.5) is 23.3 Å². The maximum atomic E-state index is 10.7. The van der Waals surface area contributed by atoms with Crippen LogP contribution >= 0.6 is 51.1 Å². The van der Waals surface area contributed by atoms with Gasteiger partial charge in [0.15, 0.2) is 92.1 Å². The highest BCUT2D eigenvalue weighted by Gasteiger charge is 2.48. The number of aryl methyl sites for hydroxylation is 1. The highest BCUT2D eigenvalue weighted by atomic mass is 32.2. The second kappa shape index (κ2) is 36.4. The molecule has 4 aliphatic rings. The number of methoxy groups -OCH3 is 1. The van der Waals surface area contributed by atoms with Gasteiger partial charge < -0.3 is 92.2 Å². The van der Waals surface area contributed by atoms with Crippen LogP contribution < -0.4 is 27.3 Å². The van der Waals surface area contributed by atoms with Crippen LogP contribution in [0, 0.1) is 0 Å². The Balaban J connectivity index is 0.000000167. The van der Waals surface area contributed by atoms with Crippen molar-refractivity contribution in [1.82, 2.24) is 78.1 Å². The number of rotatable bonds is 26. The first-order chi connectivity index (χ1) is 50.8. The van der Waals surface area contributed by atoms with Crippen LogP contribution in [0.1, 0.15) is 83.1 Å². The molecule has 4 saturated heterocycles. The highest BCUT2D eigenvalue weighted by molar-refractivity contribution is 7.98. The number of aliphatic hydroxyl groups is 9. The molecule has 16 atom stereocenters. The molecule has 12 heterocycles. The number of hydrogen-bond donors (Lipinski definition) is 13. The van der Waals surface area contributed by atoms with Crippen molar-refractivity contribution < 1.29 is 69.6 Å². The van der Waals surface area contributed by atoms with Gasteiger partial charge >= 0.3 is 6.01 Å². The third kappa shape index (κ3) is 21.1. The number of nitrogens with zero attached hydrogens (tertiary/aromatic N) is 16. The normalized spacial score (nSPS) is 26.2. The maximum Gasteiger partial charge on any atom is 0.320 e. The monoisotopic (exact) mass is 1620 g/mol. The summed E-state index contributed by atoms with van der Waals surface area (Å²) in [6.45, 7) is 16.5. The molecule has 4 fully saturated rings. The third-order valence-electron chi connectivity index (χ3n) is 18.5. The standard InChI is InChI=1S/C20H32N5O4PS.C18H30N5O3P.C15H24N5O4P.C15H24N5O3PS/c1-12(10-26)6-8-21-17-14-18(24-20(23-17)31-5)25(11-22-14)19-16(28)15(27)13(29-19)7-9-30(2,3)4;1-5-6-7-12-21-16(19)13-17(22-12)23(10-20-13)18-15(25)14(24)11(26-18)8-9-27(2,3)4;1-23-15-18-12(16)9-13(19-15)20(7-17-9)14-11(22)10(21)8(24-14)5-6-25(2,3)4;1-24(2,3)6-5-8-10(21)11(22)14(23-8)20-7-17-9-12(16)18-15(25-4)19-13(9)20/h6,11,13,15-16,19,26-28H,2,7-10H2,1,3-5H3,(H,21,23,24);10-11,14-15,18,24-25H,2,5-9H2,1,3-4H3,(H2,19,21,22);7-8,10-11,14,21-22H,2,5-6H2,1,3-4H3,(H2,16,18,19);7-8,10-11,14,21-22H,1,5-6H2,2-4H3,(H2,16,18,19)/b12-6-;;;/t13-,15-,16-,19-;11-,14-,15-,18-;2*8-,10-,11-,14-/m1111/s1. The summed E-state index contributed by atoms with van der Waals surface area (Å²) < 4.78 is 35.5. The molecule has 4 aliphatic heterocycles. The summed E-state index contributed by atoms with van der Waals surface area (Å²) >= 11 is 2.76. The van der Waals surface area contributed by atoms with Crippen molar-refractivity contribution in [3.8, 4) is 6.01 Å². The molecule has 0 aliphatic carbocycles. The Hall–Kier alpha value is -5.68. The first-order valence-electron chi connectivity index (χ1n) is 35.4. The average Bonchev–Trinajstić information content (AvgIpc) is 1.64. The quantitative estimate of drug-likeness (QED) is 0.0157. The lowest BCUT2D eigenvalue weighted by molar-refractivity contribution is -0.0353. The summed E-state index contributed by atoms with van der Waals surface area (Å²) in [6, 6.07) is 0.0972. The number of ether oxygens (including phenoxy) is 5. The van der Waals surface area contributed by atoms with Gasteiger partial charge in [-0.05, 0) is 130 Å². The second-order valence-electron chi connectivity index (χ2n) is 30.2. The minimum Gasteiger partial charge on any atom is -0.467 e. The number of nitrogens with one attached hydrogen (secondary N) is 1. The summed E-state index contributed by atoms with van der Waals surface area (Å²) in [6.07, 6.45) is 24.1. The van der Waals surface area contributed by atoms with E-state index in [-0.39, 0.29) is 24.3 Å². The van der Waals surface area contributed by atoms with E-state index in [1.54, 1.807) is 30.9 Å². The Morgan fingerprint density at radius 1 is 0.500 bits per heavy atom. The van der Waals surface area contributed by atoms with Gasteiger partial charge in [0, 0.05) is 13.0 Å². The molecule has 0 unspecified atom stereocenters. The number of fused-ring (bicyclic) bond motifs is 4. The Kier molecular flexibility index (Phi) is 29.1. The van der Waals surface area contributed by atoms with Crippen molar-refractivity contribution >= 4 is 144 Å². The zero-order valence-corrected chi connectivity index (χ0v) is 68.9. The second-order valence-corrected chi connectivity index (χ2v) is 49.1. The fourth-order valence-electron chi connectivity index (χ4n) is 12.4. The number of aromatic nitrogens is 16. The van der Waals surface area contributed by atoms with Gasteiger partial charge in [-0.2, -0.15) is 9.97 Å². The largest absolute Gasteiger partial charge is 0.467 e. The van der Waals surface area contributed by atoms with E-state index >= 15 is 0 Å². The molecule has 12 rings (SSSR count). The van der Waals surface area contributed by atoms with Crippen LogP contribution in [0.3, 0.4) is 0 Å². The van der Waals surface area contributed by atoms with E-state index in [0.717, 1.165) is 49.5 Å². The SMILES string of the molecule is C=P(C)(C)CC[C@H]1O[C@@H](n2cnc3c(N)nc(CCCC)nc32)[C@H](O)[C@@H]1O.C=P(C)(C)CC[C@H]1O[C@@H](n2cnc3c(N)nc(OC)nc32)[C@H](O)[C@@H]1O.C=P(C)(C)CC[C@H]1O[C@@H](n2cnc3c(N)nc(SC)nc32)[C@H](O)[C@@H]1O.C=P(C)(C)CC[C@H]1O[C@@H](n2cnc3c(NC/C=C(/C)CO)nc(SC)nc32)[C@H](O)[C@@H]1O. The minimum atomic E-state index is -1.26. The third-order valence-corrected chi connectivity index (χ3v) is 25.5. The van der Waals surface area contributed by atoms with Crippen molar-refractivity contribution in [2.24, 2.45) is 0 Å². The van der Waals surface area contributed by atoms with Gasteiger partial charge in [-0.25, -0.2) is 49.8 Å². The van der Waals surface area contributed by atoms with Crippen molar-refractivity contribution in [2.45, 2.75) is 167 Å². The van der Waals surface area contributed by atoms with E-state index in [4.69, 9.17) is 46.0 Å². The molecule has 0 radical (unpaired) electrons. The summed E-state index contributed by atoms with van der Waals surface area (Å²) in [5.41, 5.74) is 22.5. The average molecular weight is 1620 g/mol. The molecule has 108 heavy (non-hydrogen) atoms. The van der Waals surface area contributed by atoms with Crippen LogP contribution in [-0.4, -0.2) is 333 Å². The molecule has 0 aromatic carbocycles. The van der Waals surface area contributed by atoms with Gasteiger partial charge in [0.2, 0.25) is 0 Å². The van der Waals surface area contributed by atoms with Gasteiger partial charge in [0.1, 0.15) is 65.7 Å². The lowest BCUT2D eigenvalue weighted by Crippen LogP contribution is -2.31. The lowest BCUT2D eigenvalue weighted by atomic mass is 10.1. The predicted octanol–water partition coefficient (Wildman–Crippen LogP) is 4.07. The summed E-state index contributed by atoms with van der Waals surface area (Å²) in [7, 11) is 1.44. The van der Waals surface area contributed by atoms with Crippen LogP contribution in [0.15, 0.2) is 47.3 Å². The predicted molar refractivity (Wildman–Crippen MR) is 438 cm³/mol. The zero-order valence-electron chi connectivity index (χ0n) is 63.7. The van der Waals surface area contributed by atoms with E-state index in [0.29, 0.717) is 105 Å². The number of imidazole rings is 4. The van der Waals surface area contributed by atoms with Crippen molar-refractivity contribution in [2.75, 3.05) is 133 Å². The van der Waals surface area contributed by atoms with E-state index in [9.17, 15) is 40.9 Å². The molecule has 16 N–H and O–H groups in total. The number of thioether (sulfide) groups is 2. The minimum absolute atomic E-state index is 0.000773. The number of hydrogen-bond acceptors (Lipinski definition) is 32. The van der Waals surface area contributed by atoms with Crippen molar-refractivity contribution in [3.63, 3.8) is 0 Å². The summed E-state index contributed by atoms with van der Waals surface area (Å²) in [4.78, 5) is 51.9. The molecule has 0 spiro atoms. The summed E-state index contributed by atoms with van der Waals surface area (Å²) in [5, 5.41) is 97.3. The van der Waals surface area contributed by atoms with Gasteiger partial charge in [0.05, 0.1) is 63.4 Å². The molecule has 8 aromatic heterocycles. The fourth-order valence-corrected chi connectivity index (χ4v) is 16.9. The van der Waals surface area contributed by atoms with E-state index in [1.165, 1.54) is 43.3 Å². The first-order valence-corrected chi connectivity index (χ1v) is 50.1. The molecule has 598 valence electrons. The van der Waals surface area contributed by atoms with Crippen LogP contribution in [0.2, 0.25) is 0 Å². The lowest BCUT2D eigenvalue weighted by Gasteiger charge is -2.18. The van der Waals surface area contributed by atoms with E-state index < -0.39 is 126 Å². The van der Waals surface area contributed by atoms with Gasteiger partial charge in [-0.1, -0.05) is 48.5 Å². The maximum absolute atomic E-state index is 10.7. The Bertz CT molecular complexity index is 4490. The molecule has 40 heteroatoms. The Morgan fingerprint density at radius 2 is 0.833 bits per heavy atom. The topological polar surface area (TPSA) is 493 Å². The Labute approximate surface area is 637 Å². The van der Waals surface area contributed by atoms with Crippen molar-refractivity contribution in [1.29, 1.82) is 0 Å². The number of anilines is 4. The van der Waals surface area contributed by atoms with Gasteiger partial charge in [-0.3, -0.25) is 18.3 Å². The number of nitrogens with two attached hydrogens (primary N) is 3. The molecule has 34 nitrogen and oxygen atoms in total. The van der Waals surface area contributed by atoms with Crippen LogP contribution in [0.25, 0.3) is 44.7 Å². The smallest absolute Gasteiger partial charge is 0.320 e. The molecule has 8 aromatic rings. The van der Waals surface area contributed by atoms with Gasteiger partial charge in [-0.15, -0.1) is 52.7 Å². The molecular weight excluding hydrogens is 1510 g/mol. The molecule has 0 saturated carbocycles. The molecular formula is C68H110N20O14P4S2. The Morgan fingerprint density at radius 3 is 1.19 bits per heavy atom. The molecule has 0 amide bonds. The van der Waals surface area contributed by atoms with Gasteiger partial charge in [0.25, 0.3) is 0 Å². The van der Waals surface area contributed by atoms with Crippen LogP contribution in [0.5, 0.6) is 6.01 Å². The molecule has 0 bridgehead atoms. The number of aliphatic hydroxyl groups excluding tert-OH is 9. The highest BCUT2D eigenvalue weighted by Crippen LogP contribution is 2.45. The van der Waals surface area contributed by atoms with E-state index in [2.05, 4.69) is 151 Å². The summed E-state index contributed by atoms with van der Waals surface area (Å²) in [5.74, 6) is 1.98. The first kappa shape index (κ1) is 86.3. The number of nitrogen functional groups attached to an aromatic ring is 3.